The molecule has 17 heavy (non-hydrogen) atoms. The number of esters is 1. The highest BCUT2D eigenvalue weighted by Crippen LogP contribution is 2.60. The Morgan fingerprint density at radius 2 is 2.18 bits per heavy atom. The molecule has 0 radical (unpaired) electrons. The van der Waals surface area contributed by atoms with Crippen molar-refractivity contribution in [1.29, 1.82) is 0 Å². The quantitative estimate of drug-likeness (QED) is 0.641. The zero-order chi connectivity index (χ0) is 13.2. The molecule has 0 fully saturated rings. The van der Waals surface area contributed by atoms with Gasteiger partial charge in [0.2, 0.25) is 0 Å². The van der Waals surface area contributed by atoms with Crippen LogP contribution >= 0.6 is 28.5 Å². The number of ether oxygens (including phenoxy) is 1. The Balaban J connectivity index is 3.00. The first-order chi connectivity index (χ1) is 7.77. The topological polar surface area (TPSA) is 75.7 Å². The van der Waals surface area contributed by atoms with Crippen LogP contribution in [-0.2, 0) is 14.1 Å². The summed E-state index contributed by atoms with van der Waals surface area (Å²) in [6.45, 7) is 3.15. The van der Waals surface area contributed by atoms with Crippen LogP contribution in [0.2, 0.25) is 0 Å². The summed E-state index contributed by atoms with van der Waals surface area (Å²) >= 11 is 10.8. The molecule has 0 aromatic heterocycles. The number of carbonyl (C=O) groups is 2. The van der Waals surface area contributed by atoms with Crippen LogP contribution in [0.5, 0.6) is 0 Å². The highest BCUT2D eigenvalue weighted by molar-refractivity contribution is 8.07. The molecule has 1 aliphatic rings. The Morgan fingerprint density at radius 1 is 1.59 bits per heavy atom. The van der Waals surface area contributed by atoms with Gasteiger partial charge in [-0.2, -0.15) is 0 Å². The van der Waals surface area contributed by atoms with E-state index >= 15 is 0 Å². The van der Waals surface area contributed by atoms with Crippen LogP contribution in [0.1, 0.15) is 13.8 Å². The third kappa shape index (κ3) is 3.37. The lowest BCUT2D eigenvalue weighted by Gasteiger charge is -2.29. The molecule has 2 amide bonds. The molecule has 0 aromatic carbocycles. The van der Waals surface area contributed by atoms with Gasteiger partial charge in [0, 0.05) is 5.70 Å². The van der Waals surface area contributed by atoms with Crippen LogP contribution in [0.3, 0.4) is 0 Å². The SMILES string of the molecule is CCOC(=O)C1=C(C)NC(=O)N(P(=O)(Cl)Cl)C1. The maximum atomic E-state index is 11.6. The number of allylic oxidation sites excluding steroid dienone is 1. The van der Waals surface area contributed by atoms with Crippen molar-refractivity contribution in [3.63, 3.8) is 0 Å². The van der Waals surface area contributed by atoms with Crippen molar-refractivity contribution in [3.05, 3.63) is 11.3 Å². The van der Waals surface area contributed by atoms with Gasteiger partial charge in [-0.1, -0.05) is 0 Å². The Bertz CT molecular complexity index is 431. The number of urea groups is 1. The lowest BCUT2D eigenvalue weighted by atomic mass is 10.2. The molecule has 0 unspecified atom stereocenters. The zero-order valence-electron chi connectivity index (χ0n) is 9.20. The van der Waals surface area contributed by atoms with Crippen molar-refractivity contribution in [2.45, 2.75) is 13.8 Å². The summed E-state index contributed by atoms with van der Waals surface area (Å²) in [5.74, 6) is -4.40. The third-order valence-electron chi connectivity index (χ3n) is 2.09. The van der Waals surface area contributed by atoms with E-state index in [2.05, 4.69) is 5.32 Å². The summed E-state index contributed by atoms with van der Waals surface area (Å²) in [6, 6.07) is -0.705. The van der Waals surface area contributed by atoms with Crippen LogP contribution < -0.4 is 5.32 Å². The first-order valence-electron chi connectivity index (χ1n) is 4.72. The van der Waals surface area contributed by atoms with Gasteiger partial charge in [0.05, 0.1) is 18.7 Å². The van der Waals surface area contributed by atoms with Gasteiger partial charge >= 0.3 is 18.0 Å². The number of nitrogens with zero attached hydrogens (tertiary/aromatic N) is 1. The van der Waals surface area contributed by atoms with Gasteiger partial charge in [0.1, 0.15) is 0 Å². The Kier molecular flexibility index (Phi) is 4.47. The first-order valence-corrected chi connectivity index (χ1v) is 8.19. The molecule has 0 atom stereocenters. The molecule has 1 rings (SSSR count). The van der Waals surface area contributed by atoms with Crippen molar-refractivity contribution in [3.8, 4) is 0 Å². The van der Waals surface area contributed by atoms with E-state index in [0.29, 0.717) is 10.4 Å². The molecule has 6 nitrogen and oxygen atoms in total. The van der Waals surface area contributed by atoms with E-state index in [0.717, 1.165) is 0 Å². The number of hydrogen-bond donors (Lipinski definition) is 1. The lowest BCUT2D eigenvalue weighted by molar-refractivity contribution is -0.138. The van der Waals surface area contributed by atoms with E-state index in [9.17, 15) is 14.2 Å². The van der Waals surface area contributed by atoms with Crippen molar-refractivity contribution in [2.75, 3.05) is 13.2 Å². The van der Waals surface area contributed by atoms with E-state index < -0.39 is 18.0 Å². The van der Waals surface area contributed by atoms with Crippen molar-refractivity contribution < 1.29 is 18.9 Å². The smallest absolute Gasteiger partial charge is 0.349 e. The summed E-state index contributed by atoms with van der Waals surface area (Å²) in [5.41, 5.74) is 0.513. The minimum absolute atomic E-state index is 0.174. The van der Waals surface area contributed by atoms with Crippen molar-refractivity contribution >= 4 is 40.5 Å². The number of rotatable bonds is 3. The standard InChI is InChI=1S/C8H11Cl2N2O4P/c1-3-16-7(13)6-4-12(17(9,10)15)8(14)11-5(6)2/h3-4H2,1-2H3,(H,11,14). The molecule has 0 aromatic rings. The molecule has 9 heteroatoms. The van der Waals surface area contributed by atoms with Gasteiger partial charge in [-0.15, -0.1) is 0 Å². The summed E-state index contributed by atoms with van der Waals surface area (Å²) in [4.78, 5) is 23.0. The fourth-order valence-corrected chi connectivity index (χ4v) is 2.56. The van der Waals surface area contributed by atoms with E-state index in [1.54, 1.807) is 6.92 Å². The molecule has 0 aliphatic carbocycles. The van der Waals surface area contributed by atoms with Crippen LogP contribution in [-0.4, -0.2) is 29.8 Å². The van der Waals surface area contributed by atoms with Gasteiger partial charge in [-0.3, -0.25) is 4.57 Å². The Morgan fingerprint density at radius 3 is 2.65 bits per heavy atom. The monoisotopic (exact) mass is 300 g/mol. The van der Waals surface area contributed by atoms with E-state index in [-0.39, 0.29) is 18.7 Å². The molecule has 0 bridgehead atoms. The predicted molar refractivity (Wildman–Crippen MR) is 63.9 cm³/mol. The number of carbonyl (C=O) groups excluding carboxylic acids is 2. The second-order valence-electron chi connectivity index (χ2n) is 3.25. The zero-order valence-corrected chi connectivity index (χ0v) is 11.6. The minimum Gasteiger partial charge on any atom is -0.463 e. The fourth-order valence-electron chi connectivity index (χ4n) is 1.26. The molecule has 96 valence electrons. The largest absolute Gasteiger partial charge is 0.463 e. The predicted octanol–water partition coefficient (Wildman–Crippen LogP) is 2.43. The third-order valence-corrected chi connectivity index (χ3v) is 4.07. The molecule has 0 saturated heterocycles. The molecule has 1 N–H and O–H groups in total. The van der Waals surface area contributed by atoms with Crippen LogP contribution in [0.25, 0.3) is 0 Å². The maximum Gasteiger partial charge on any atom is 0.349 e. The van der Waals surface area contributed by atoms with E-state index in [1.165, 1.54) is 6.92 Å². The molecule has 0 spiro atoms. The summed E-state index contributed by atoms with van der Waals surface area (Å²) in [7, 11) is 0. The number of nitrogens with one attached hydrogen (secondary N) is 1. The van der Waals surface area contributed by atoms with Crippen LogP contribution in [0.4, 0.5) is 4.79 Å². The highest BCUT2D eigenvalue weighted by atomic mass is 35.9. The average molecular weight is 301 g/mol. The summed E-state index contributed by atoms with van der Waals surface area (Å²) in [5, 5.41) is 2.35. The van der Waals surface area contributed by atoms with Gasteiger partial charge in [-0.25, -0.2) is 14.3 Å². The lowest BCUT2D eigenvalue weighted by Crippen LogP contribution is -2.43. The van der Waals surface area contributed by atoms with E-state index in [4.69, 9.17) is 27.2 Å². The second-order valence-corrected chi connectivity index (χ2v) is 7.87. The normalized spacial score (nSPS) is 16.9. The second kappa shape index (κ2) is 5.29. The number of hydrogen-bond acceptors (Lipinski definition) is 4. The Hall–Kier alpha value is -0.710. The fraction of sp³-hybridized carbons (Fsp3) is 0.500. The Labute approximate surface area is 108 Å². The van der Waals surface area contributed by atoms with Gasteiger partial charge in [0.25, 0.3) is 0 Å². The van der Waals surface area contributed by atoms with E-state index in [1.807, 2.05) is 0 Å². The molecular weight excluding hydrogens is 290 g/mol. The van der Waals surface area contributed by atoms with Crippen molar-refractivity contribution in [2.24, 2.45) is 0 Å². The highest BCUT2D eigenvalue weighted by Gasteiger charge is 2.37. The van der Waals surface area contributed by atoms with Crippen LogP contribution in [0, 0.1) is 0 Å². The van der Waals surface area contributed by atoms with Gasteiger partial charge < -0.3 is 10.1 Å². The average Bonchev–Trinajstić information content (AvgIpc) is 2.15. The van der Waals surface area contributed by atoms with Gasteiger partial charge in [0.15, 0.2) is 0 Å². The minimum atomic E-state index is -3.80. The number of amides is 2. The maximum absolute atomic E-state index is 11.6. The molecule has 1 aliphatic heterocycles. The van der Waals surface area contributed by atoms with Crippen LogP contribution in [0.15, 0.2) is 11.3 Å². The summed E-state index contributed by atoms with van der Waals surface area (Å²) < 4.78 is 16.9. The molecular formula is C8H11Cl2N2O4P. The van der Waals surface area contributed by atoms with Crippen molar-refractivity contribution in [1.82, 2.24) is 9.99 Å². The molecule has 0 saturated carbocycles. The summed E-state index contributed by atoms with van der Waals surface area (Å²) in [6.07, 6.45) is 0. The first kappa shape index (κ1) is 14.4. The van der Waals surface area contributed by atoms with Gasteiger partial charge in [-0.05, 0) is 36.3 Å². The molecule has 1 heterocycles. The number of halogens is 2.